The Bertz CT molecular complexity index is 933. The molecule has 1 aliphatic heterocycles. The van der Waals surface area contributed by atoms with Crippen molar-refractivity contribution in [2.75, 3.05) is 13.1 Å². The minimum absolute atomic E-state index is 0.108. The Hall–Kier alpha value is -3.19. The molecule has 7 nitrogen and oxygen atoms in total. The second-order valence-electron chi connectivity index (χ2n) is 6.72. The Morgan fingerprint density at radius 3 is 2.21 bits per heavy atom. The Morgan fingerprint density at radius 2 is 1.62 bits per heavy atom. The number of carbonyl (C=O) groups excluding carboxylic acids is 2. The molecule has 2 aromatic rings. The lowest BCUT2D eigenvalue weighted by Gasteiger charge is -2.27. The molecule has 0 spiro atoms. The largest absolute Gasteiger partial charge is 0.337 e. The van der Waals surface area contributed by atoms with Gasteiger partial charge in [-0.05, 0) is 55.2 Å². The van der Waals surface area contributed by atoms with Crippen LogP contribution in [0.4, 0.5) is 5.69 Å². The van der Waals surface area contributed by atoms with Gasteiger partial charge in [0, 0.05) is 35.8 Å². The van der Waals surface area contributed by atoms with Crippen molar-refractivity contribution in [3.05, 3.63) is 80.5 Å². The van der Waals surface area contributed by atoms with E-state index in [9.17, 15) is 19.7 Å². The minimum atomic E-state index is -0.534. The van der Waals surface area contributed by atoms with Gasteiger partial charge in [0.1, 0.15) is 5.70 Å². The third-order valence-corrected chi connectivity index (χ3v) is 4.90. The minimum Gasteiger partial charge on any atom is -0.337 e. The Labute approximate surface area is 173 Å². The maximum Gasteiger partial charge on any atom is 0.270 e. The lowest BCUT2D eigenvalue weighted by atomic mass is 10.1. The third kappa shape index (κ3) is 5.42. The molecule has 0 atom stereocenters. The lowest BCUT2D eigenvalue weighted by molar-refractivity contribution is -0.384. The van der Waals surface area contributed by atoms with Crippen LogP contribution in [0, 0.1) is 10.1 Å². The number of nitrogens with zero attached hydrogens (tertiary/aromatic N) is 2. The fraction of sp³-hybridized carbons (Fsp3) is 0.238. The summed E-state index contributed by atoms with van der Waals surface area (Å²) >= 11 is 5.92. The highest BCUT2D eigenvalue weighted by Gasteiger charge is 2.22. The van der Waals surface area contributed by atoms with Crippen LogP contribution in [0.15, 0.2) is 54.2 Å². The average Bonchev–Trinajstić information content (AvgIpc) is 2.75. The second-order valence-corrected chi connectivity index (χ2v) is 7.16. The number of carbonyl (C=O) groups is 2. The van der Waals surface area contributed by atoms with Crippen LogP contribution in [0.1, 0.15) is 35.2 Å². The number of likely N-dealkylation sites (tertiary alicyclic amines) is 1. The normalized spacial score (nSPS) is 14.4. The topological polar surface area (TPSA) is 92.6 Å². The smallest absolute Gasteiger partial charge is 0.270 e. The van der Waals surface area contributed by atoms with Crippen LogP contribution in [0.2, 0.25) is 5.02 Å². The Kier molecular flexibility index (Phi) is 6.61. The molecule has 2 aromatic carbocycles. The molecule has 1 heterocycles. The highest BCUT2D eigenvalue weighted by atomic mass is 35.5. The van der Waals surface area contributed by atoms with Gasteiger partial charge in [0.2, 0.25) is 0 Å². The summed E-state index contributed by atoms with van der Waals surface area (Å²) in [6.45, 7) is 1.29. The lowest BCUT2D eigenvalue weighted by Crippen LogP contribution is -2.41. The number of benzene rings is 2. The predicted octanol–water partition coefficient (Wildman–Crippen LogP) is 4.03. The number of amides is 2. The zero-order valence-electron chi connectivity index (χ0n) is 15.6. The van der Waals surface area contributed by atoms with E-state index < -0.39 is 10.8 Å². The zero-order chi connectivity index (χ0) is 20.8. The summed E-state index contributed by atoms with van der Waals surface area (Å²) in [5, 5.41) is 14.0. The van der Waals surface area contributed by atoms with Crippen LogP contribution in [0.3, 0.4) is 0 Å². The van der Waals surface area contributed by atoms with Gasteiger partial charge in [0.15, 0.2) is 0 Å². The first-order valence-electron chi connectivity index (χ1n) is 9.26. The number of halogens is 1. The van der Waals surface area contributed by atoms with Crippen LogP contribution < -0.4 is 5.32 Å². The number of nitrogens with one attached hydrogen (secondary N) is 1. The number of rotatable bonds is 5. The molecule has 1 fully saturated rings. The van der Waals surface area contributed by atoms with Crippen molar-refractivity contribution in [3.63, 3.8) is 0 Å². The molecular weight excluding hydrogens is 394 g/mol. The van der Waals surface area contributed by atoms with Gasteiger partial charge < -0.3 is 10.2 Å². The van der Waals surface area contributed by atoms with Gasteiger partial charge in [-0.3, -0.25) is 19.7 Å². The van der Waals surface area contributed by atoms with Crippen LogP contribution in [0.25, 0.3) is 6.08 Å². The van der Waals surface area contributed by atoms with Gasteiger partial charge in [-0.2, -0.15) is 0 Å². The summed E-state index contributed by atoms with van der Waals surface area (Å²) < 4.78 is 0. The molecular formula is C21H20ClN3O4. The first-order valence-corrected chi connectivity index (χ1v) is 9.64. The Balaban J connectivity index is 1.85. The van der Waals surface area contributed by atoms with E-state index in [1.807, 2.05) is 0 Å². The van der Waals surface area contributed by atoms with Gasteiger partial charge in [0.05, 0.1) is 4.92 Å². The number of nitro benzene ring substituents is 1. The molecule has 1 aliphatic rings. The van der Waals surface area contributed by atoms with Crippen LogP contribution in [0.5, 0.6) is 0 Å². The van der Waals surface area contributed by atoms with E-state index in [1.54, 1.807) is 35.2 Å². The SMILES string of the molecule is O=C(N/C(=C/c1ccc(Cl)cc1)C(=O)N1CCCCC1)c1ccc([N+](=O)[O-])cc1. The van der Waals surface area contributed by atoms with E-state index in [1.165, 1.54) is 24.3 Å². The highest BCUT2D eigenvalue weighted by molar-refractivity contribution is 6.30. The van der Waals surface area contributed by atoms with Gasteiger partial charge in [-0.25, -0.2) is 0 Å². The molecule has 0 aliphatic carbocycles. The number of non-ortho nitro benzene ring substituents is 1. The fourth-order valence-electron chi connectivity index (χ4n) is 3.07. The van der Waals surface area contributed by atoms with Crippen molar-refractivity contribution in [2.24, 2.45) is 0 Å². The summed E-state index contributed by atoms with van der Waals surface area (Å²) in [7, 11) is 0. The van der Waals surface area contributed by atoms with Gasteiger partial charge >= 0.3 is 0 Å². The van der Waals surface area contributed by atoms with Gasteiger partial charge in [-0.15, -0.1) is 0 Å². The van der Waals surface area contributed by atoms with Gasteiger partial charge in [-0.1, -0.05) is 23.7 Å². The summed E-state index contributed by atoms with van der Waals surface area (Å²) in [5.74, 6) is -0.764. The van der Waals surface area contributed by atoms with Crippen molar-refractivity contribution in [1.82, 2.24) is 10.2 Å². The predicted molar refractivity (Wildman–Crippen MR) is 110 cm³/mol. The standard InChI is InChI=1S/C21H20ClN3O4/c22-17-8-4-15(5-9-17)14-19(21(27)24-12-2-1-3-13-24)23-20(26)16-6-10-18(11-7-16)25(28)29/h4-11,14H,1-3,12-13H2,(H,23,26)/b19-14+. The molecule has 1 saturated heterocycles. The van der Waals surface area contributed by atoms with Crippen molar-refractivity contribution in [2.45, 2.75) is 19.3 Å². The highest BCUT2D eigenvalue weighted by Crippen LogP contribution is 2.17. The fourth-order valence-corrected chi connectivity index (χ4v) is 3.20. The van der Waals surface area contributed by atoms with E-state index >= 15 is 0 Å². The van der Waals surface area contributed by atoms with Gasteiger partial charge in [0.25, 0.3) is 17.5 Å². The Morgan fingerprint density at radius 1 is 1.00 bits per heavy atom. The summed E-state index contributed by atoms with van der Waals surface area (Å²) in [4.78, 5) is 37.6. The molecule has 29 heavy (non-hydrogen) atoms. The van der Waals surface area contributed by atoms with Crippen molar-refractivity contribution in [3.8, 4) is 0 Å². The van der Waals surface area contributed by atoms with Crippen molar-refractivity contribution < 1.29 is 14.5 Å². The number of nitro groups is 1. The van der Waals surface area contributed by atoms with E-state index in [4.69, 9.17) is 11.6 Å². The molecule has 2 amide bonds. The average molecular weight is 414 g/mol. The summed E-state index contributed by atoms with van der Waals surface area (Å²) in [6, 6.07) is 12.1. The third-order valence-electron chi connectivity index (χ3n) is 4.64. The van der Waals surface area contributed by atoms with Crippen LogP contribution >= 0.6 is 11.6 Å². The van der Waals surface area contributed by atoms with Crippen molar-refractivity contribution >= 4 is 35.2 Å². The molecule has 8 heteroatoms. The van der Waals surface area contributed by atoms with E-state index in [-0.39, 0.29) is 22.9 Å². The van der Waals surface area contributed by atoms with Crippen LogP contribution in [-0.4, -0.2) is 34.7 Å². The quantitative estimate of drug-likeness (QED) is 0.455. The molecule has 0 radical (unpaired) electrons. The zero-order valence-corrected chi connectivity index (χ0v) is 16.4. The molecule has 0 saturated carbocycles. The number of hydrogen-bond donors (Lipinski definition) is 1. The molecule has 150 valence electrons. The maximum atomic E-state index is 13.0. The van der Waals surface area contributed by atoms with E-state index in [0.29, 0.717) is 18.1 Å². The summed E-state index contributed by atoms with van der Waals surface area (Å²) in [6.07, 6.45) is 4.54. The monoisotopic (exact) mass is 413 g/mol. The summed E-state index contributed by atoms with van der Waals surface area (Å²) in [5.41, 5.74) is 0.989. The molecule has 0 aromatic heterocycles. The molecule has 3 rings (SSSR count). The first-order chi connectivity index (χ1) is 13.9. The first kappa shape index (κ1) is 20.5. The van der Waals surface area contributed by atoms with Crippen LogP contribution in [-0.2, 0) is 4.79 Å². The van der Waals surface area contributed by atoms with Crippen molar-refractivity contribution in [1.29, 1.82) is 0 Å². The molecule has 1 N–H and O–H groups in total. The number of piperidine rings is 1. The number of hydrogen-bond acceptors (Lipinski definition) is 4. The second kappa shape index (κ2) is 9.34. The van der Waals surface area contributed by atoms with E-state index in [0.717, 1.165) is 24.8 Å². The molecule has 0 bridgehead atoms. The maximum absolute atomic E-state index is 13.0. The van der Waals surface area contributed by atoms with E-state index in [2.05, 4.69) is 5.32 Å². The molecule has 0 unspecified atom stereocenters.